The van der Waals surface area contributed by atoms with E-state index in [4.69, 9.17) is 0 Å². The Hall–Kier alpha value is -2.52. The number of hydrogen-bond acceptors (Lipinski definition) is 7. The number of benzene rings is 1. The van der Waals surface area contributed by atoms with Gasteiger partial charge in [0, 0.05) is 5.75 Å². The molecule has 0 saturated heterocycles. The summed E-state index contributed by atoms with van der Waals surface area (Å²) in [5.41, 5.74) is 1.32. The molecule has 8 nitrogen and oxygen atoms in total. The minimum Gasteiger partial charge on any atom is -0.394 e. The molecule has 2 amide bonds. The highest BCUT2D eigenvalue weighted by molar-refractivity contribution is 8.14. The van der Waals surface area contributed by atoms with E-state index in [-0.39, 0.29) is 5.69 Å². The normalized spacial score (nSPS) is 15.0. The van der Waals surface area contributed by atoms with Crippen LogP contribution in [0.5, 0.6) is 0 Å². The van der Waals surface area contributed by atoms with Crippen LogP contribution in [0, 0.1) is 0 Å². The number of aliphatic imine (C=N–C) groups is 1. The summed E-state index contributed by atoms with van der Waals surface area (Å²) in [7, 11) is 0. The topological polar surface area (TPSA) is 117 Å². The molecule has 1 aromatic heterocycles. The molecule has 9 heteroatoms. The van der Waals surface area contributed by atoms with E-state index in [2.05, 4.69) is 25.6 Å². The van der Waals surface area contributed by atoms with Gasteiger partial charge < -0.3 is 15.7 Å². The molecule has 1 aliphatic rings. The molecule has 1 unspecified atom stereocenters. The van der Waals surface area contributed by atoms with Gasteiger partial charge in [-0.3, -0.25) is 19.6 Å². The number of rotatable bonds is 4. The SMILES string of the molecule is O=C(NC(CO)C(=O)NC1=NCCS1)c1cnc2ccccc2n1. The third-order valence-corrected chi connectivity index (χ3v) is 4.19. The number of aliphatic hydroxyl groups is 1. The summed E-state index contributed by atoms with van der Waals surface area (Å²) < 4.78 is 0. The van der Waals surface area contributed by atoms with E-state index in [1.165, 1.54) is 18.0 Å². The lowest BCUT2D eigenvalue weighted by Crippen LogP contribution is -2.50. The second-order valence-electron chi connectivity index (χ2n) is 4.98. The van der Waals surface area contributed by atoms with Crippen molar-refractivity contribution in [3.05, 3.63) is 36.2 Å². The van der Waals surface area contributed by atoms with Crippen molar-refractivity contribution in [2.75, 3.05) is 18.9 Å². The number of hydrogen-bond donors (Lipinski definition) is 3. The fraction of sp³-hybridized carbons (Fsp3) is 0.267. The van der Waals surface area contributed by atoms with Crippen LogP contribution in [-0.4, -0.2) is 57.0 Å². The van der Waals surface area contributed by atoms with Crippen LogP contribution in [0.25, 0.3) is 11.0 Å². The quantitative estimate of drug-likeness (QED) is 0.715. The zero-order chi connectivity index (χ0) is 16.9. The van der Waals surface area contributed by atoms with Gasteiger partial charge in [-0.2, -0.15) is 0 Å². The standard InChI is InChI=1S/C15H15N5O3S/c21-8-12(14(23)20-15-16-5-6-24-15)19-13(22)11-7-17-9-3-1-2-4-10(9)18-11/h1-4,7,12,21H,5-6,8H2,(H,19,22)(H,16,20,23). The van der Waals surface area contributed by atoms with E-state index in [9.17, 15) is 14.7 Å². The van der Waals surface area contributed by atoms with Gasteiger partial charge in [0.25, 0.3) is 11.8 Å². The molecule has 3 rings (SSSR count). The van der Waals surface area contributed by atoms with Crippen molar-refractivity contribution in [1.29, 1.82) is 0 Å². The summed E-state index contributed by atoms with van der Waals surface area (Å²) >= 11 is 1.42. The van der Waals surface area contributed by atoms with E-state index in [0.717, 1.165) is 5.75 Å². The van der Waals surface area contributed by atoms with Crippen molar-refractivity contribution >= 4 is 39.8 Å². The number of nitrogens with zero attached hydrogens (tertiary/aromatic N) is 3. The maximum Gasteiger partial charge on any atom is 0.272 e. The molecular formula is C15H15N5O3S. The zero-order valence-corrected chi connectivity index (χ0v) is 13.4. The fourth-order valence-corrected chi connectivity index (χ4v) is 2.83. The Kier molecular flexibility index (Phi) is 5.02. The maximum atomic E-state index is 12.3. The summed E-state index contributed by atoms with van der Waals surface area (Å²) in [6, 6.07) is 6.06. The molecule has 0 spiro atoms. The van der Waals surface area contributed by atoms with Crippen molar-refractivity contribution in [3.63, 3.8) is 0 Å². The second kappa shape index (κ2) is 7.37. The molecule has 1 atom stereocenters. The minimum atomic E-state index is -1.09. The van der Waals surface area contributed by atoms with Gasteiger partial charge in [0.05, 0.1) is 30.4 Å². The summed E-state index contributed by atoms with van der Waals surface area (Å²) in [6.07, 6.45) is 1.33. The third kappa shape index (κ3) is 3.69. The van der Waals surface area contributed by atoms with Crippen molar-refractivity contribution in [2.45, 2.75) is 6.04 Å². The molecule has 124 valence electrons. The molecule has 0 aliphatic carbocycles. The van der Waals surface area contributed by atoms with Crippen LogP contribution in [-0.2, 0) is 4.79 Å². The molecule has 2 heterocycles. The van der Waals surface area contributed by atoms with E-state index >= 15 is 0 Å². The lowest BCUT2D eigenvalue weighted by Gasteiger charge is -2.15. The number of amidine groups is 1. The summed E-state index contributed by atoms with van der Waals surface area (Å²) in [5, 5.41) is 14.9. The maximum absolute atomic E-state index is 12.3. The number of amides is 2. The molecule has 0 saturated carbocycles. The average Bonchev–Trinajstić information content (AvgIpc) is 3.11. The number of aromatic nitrogens is 2. The van der Waals surface area contributed by atoms with Gasteiger partial charge >= 0.3 is 0 Å². The Labute approximate surface area is 141 Å². The van der Waals surface area contributed by atoms with Crippen molar-refractivity contribution in [2.24, 2.45) is 4.99 Å². The van der Waals surface area contributed by atoms with Crippen molar-refractivity contribution < 1.29 is 14.7 Å². The number of aliphatic hydroxyl groups excluding tert-OH is 1. The van der Waals surface area contributed by atoms with Crippen molar-refractivity contribution in [3.8, 4) is 0 Å². The van der Waals surface area contributed by atoms with Crippen LogP contribution in [0.2, 0.25) is 0 Å². The zero-order valence-electron chi connectivity index (χ0n) is 12.6. The largest absolute Gasteiger partial charge is 0.394 e. The van der Waals surface area contributed by atoms with E-state index in [1.807, 2.05) is 6.07 Å². The number of carbonyl (C=O) groups is 2. The molecule has 1 aliphatic heterocycles. The Morgan fingerprint density at radius 1 is 1.29 bits per heavy atom. The summed E-state index contributed by atoms with van der Waals surface area (Å²) in [4.78, 5) is 36.8. The predicted molar refractivity (Wildman–Crippen MR) is 90.8 cm³/mol. The van der Waals surface area contributed by atoms with Crippen molar-refractivity contribution in [1.82, 2.24) is 20.6 Å². The van der Waals surface area contributed by atoms with Crippen LogP contribution in [0.4, 0.5) is 0 Å². The van der Waals surface area contributed by atoms with Gasteiger partial charge in [-0.1, -0.05) is 23.9 Å². The highest BCUT2D eigenvalue weighted by Crippen LogP contribution is 2.10. The first kappa shape index (κ1) is 16.3. The fourth-order valence-electron chi connectivity index (χ4n) is 2.10. The smallest absolute Gasteiger partial charge is 0.272 e. The molecule has 0 bridgehead atoms. The highest BCUT2D eigenvalue weighted by atomic mass is 32.2. The second-order valence-corrected chi connectivity index (χ2v) is 6.06. The molecule has 1 aromatic carbocycles. The average molecular weight is 345 g/mol. The van der Waals surface area contributed by atoms with Crippen LogP contribution in [0.3, 0.4) is 0 Å². The Morgan fingerprint density at radius 2 is 2.08 bits per heavy atom. The lowest BCUT2D eigenvalue weighted by molar-refractivity contribution is -0.122. The van der Waals surface area contributed by atoms with Gasteiger partial charge in [0.15, 0.2) is 5.17 Å². The Bertz CT molecular complexity index is 811. The first-order valence-electron chi connectivity index (χ1n) is 7.29. The molecule has 3 N–H and O–H groups in total. The molecule has 0 fully saturated rings. The summed E-state index contributed by atoms with van der Waals surface area (Å²) in [5.74, 6) is -0.297. The van der Waals surface area contributed by atoms with Crippen LogP contribution in [0.15, 0.2) is 35.5 Å². The first-order chi connectivity index (χ1) is 11.7. The number of para-hydroxylation sites is 2. The van der Waals surface area contributed by atoms with Gasteiger partial charge in [-0.05, 0) is 12.1 Å². The Morgan fingerprint density at radius 3 is 2.79 bits per heavy atom. The summed E-state index contributed by atoms with van der Waals surface area (Å²) in [6.45, 7) is 0.111. The lowest BCUT2D eigenvalue weighted by atomic mass is 10.2. The van der Waals surface area contributed by atoms with E-state index in [0.29, 0.717) is 22.7 Å². The molecular weight excluding hydrogens is 330 g/mol. The van der Waals surface area contributed by atoms with Crippen LogP contribution < -0.4 is 10.6 Å². The van der Waals surface area contributed by atoms with Crippen LogP contribution >= 0.6 is 11.8 Å². The highest BCUT2D eigenvalue weighted by Gasteiger charge is 2.23. The number of carbonyl (C=O) groups excluding carboxylic acids is 2. The number of nitrogens with one attached hydrogen (secondary N) is 2. The first-order valence-corrected chi connectivity index (χ1v) is 8.27. The Balaban J connectivity index is 1.69. The third-order valence-electron chi connectivity index (χ3n) is 3.30. The van der Waals surface area contributed by atoms with Gasteiger partial charge in [0.1, 0.15) is 11.7 Å². The molecule has 0 radical (unpaired) electrons. The predicted octanol–water partition coefficient (Wildman–Crippen LogP) is -0.0605. The monoisotopic (exact) mass is 345 g/mol. The molecule has 24 heavy (non-hydrogen) atoms. The van der Waals surface area contributed by atoms with E-state index < -0.39 is 24.5 Å². The molecule has 2 aromatic rings. The number of thioether (sulfide) groups is 1. The van der Waals surface area contributed by atoms with Gasteiger partial charge in [-0.25, -0.2) is 4.98 Å². The minimum absolute atomic E-state index is 0.0764. The van der Waals surface area contributed by atoms with Crippen LogP contribution in [0.1, 0.15) is 10.5 Å². The number of fused-ring (bicyclic) bond motifs is 1. The van der Waals surface area contributed by atoms with Gasteiger partial charge in [0.2, 0.25) is 0 Å². The van der Waals surface area contributed by atoms with Gasteiger partial charge in [-0.15, -0.1) is 0 Å². The van der Waals surface area contributed by atoms with E-state index in [1.54, 1.807) is 18.2 Å².